The third-order valence-electron chi connectivity index (χ3n) is 3.14. The Hall–Kier alpha value is -0.850. The van der Waals surface area contributed by atoms with Crippen molar-refractivity contribution in [2.45, 2.75) is 35.5 Å². The van der Waals surface area contributed by atoms with Gasteiger partial charge in [-0.3, -0.25) is 0 Å². The average Bonchev–Trinajstić information content (AvgIpc) is 2.82. The van der Waals surface area contributed by atoms with Crippen molar-refractivity contribution in [3.63, 3.8) is 0 Å². The summed E-state index contributed by atoms with van der Waals surface area (Å²) < 4.78 is 6.31. The summed E-state index contributed by atoms with van der Waals surface area (Å²) in [5.41, 5.74) is 0. The van der Waals surface area contributed by atoms with E-state index < -0.39 is 0 Å². The van der Waals surface area contributed by atoms with E-state index in [0.717, 1.165) is 22.2 Å². The van der Waals surface area contributed by atoms with Crippen molar-refractivity contribution >= 4 is 27.7 Å². The van der Waals surface area contributed by atoms with E-state index in [-0.39, 0.29) is 12.0 Å². The van der Waals surface area contributed by atoms with Crippen LogP contribution >= 0.6 is 27.7 Å². The number of aliphatic hydroxyl groups excluding tert-OH is 1. The molecular formula is C13H13BrN2O2S. The molecule has 0 saturated heterocycles. The van der Waals surface area contributed by atoms with Gasteiger partial charge in [0.05, 0.1) is 11.9 Å². The quantitative estimate of drug-likeness (QED) is 0.864. The van der Waals surface area contributed by atoms with E-state index in [2.05, 4.69) is 32.1 Å². The van der Waals surface area contributed by atoms with E-state index in [1.54, 1.807) is 11.8 Å². The summed E-state index contributed by atoms with van der Waals surface area (Å²) in [6, 6.07) is 8.06. The SMILES string of the molecule is OC1CC(c2nc(CSc3ccccc3Br)no2)C1. The average molecular weight is 341 g/mol. The van der Waals surface area contributed by atoms with Crippen LogP contribution in [0.1, 0.15) is 30.5 Å². The van der Waals surface area contributed by atoms with Gasteiger partial charge in [0.2, 0.25) is 5.89 Å². The second-order valence-corrected chi connectivity index (χ2v) is 6.46. The van der Waals surface area contributed by atoms with E-state index in [1.807, 2.05) is 18.2 Å². The molecule has 1 fully saturated rings. The zero-order valence-corrected chi connectivity index (χ0v) is 12.5. The Labute approximate surface area is 123 Å². The molecule has 0 amide bonds. The molecule has 1 saturated carbocycles. The highest BCUT2D eigenvalue weighted by molar-refractivity contribution is 9.10. The Morgan fingerprint density at radius 3 is 2.89 bits per heavy atom. The summed E-state index contributed by atoms with van der Waals surface area (Å²) in [6.45, 7) is 0. The molecule has 4 nitrogen and oxygen atoms in total. The van der Waals surface area contributed by atoms with Crippen molar-refractivity contribution < 1.29 is 9.63 Å². The van der Waals surface area contributed by atoms with Crippen molar-refractivity contribution in [2.75, 3.05) is 0 Å². The van der Waals surface area contributed by atoms with E-state index in [1.165, 1.54) is 0 Å². The van der Waals surface area contributed by atoms with Crippen molar-refractivity contribution in [1.29, 1.82) is 0 Å². The third-order valence-corrected chi connectivity index (χ3v) is 5.16. The molecule has 0 aliphatic heterocycles. The van der Waals surface area contributed by atoms with E-state index in [0.29, 0.717) is 17.5 Å². The lowest BCUT2D eigenvalue weighted by atomic mass is 9.82. The van der Waals surface area contributed by atoms with Crippen molar-refractivity contribution in [2.24, 2.45) is 0 Å². The van der Waals surface area contributed by atoms with Gasteiger partial charge in [0.25, 0.3) is 0 Å². The highest BCUT2D eigenvalue weighted by Gasteiger charge is 2.32. The Morgan fingerprint density at radius 2 is 2.16 bits per heavy atom. The minimum absolute atomic E-state index is 0.199. The molecule has 0 radical (unpaired) electrons. The molecule has 3 rings (SSSR count). The first-order valence-corrected chi connectivity index (χ1v) is 7.88. The maximum absolute atomic E-state index is 9.27. The summed E-state index contributed by atoms with van der Waals surface area (Å²) in [7, 11) is 0. The van der Waals surface area contributed by atoms with Crippen LogP contribution in [0.15, 0.2) is 38.2 Å². The first-order valence-electron chi connectivity index (χ1n) is 6.10. The number of thioether (sulfide) groups is 1. The molecule has 1 aromatic carbocycles. The molecule has 2 aromatic rings. The van der Waals surface area contributed by atoms with Gasteiger partial charge < -0.3 is 9.63 Å². The highest BCUT2D eigenvalue weighted by Crippen LogP contribution is 2.36. The van der Waals surface area contributed by atoms with Crippen molar-refractivity contribution in [1.82, 2.24) is 10.1 Å². The molecule has 1 aliphatic rings. The second kappa shape index (κ2) is 5.64. The summed E-state index contributed by atoms with van der Waals surface area (Å²) in [5.74, 6) is 2.29. The van der Waals surface area contributed by atoms with E-state index in [4.69, 9.17) is 4.52 Å². The number of hydrogen-bond acceptors (Lipinski definition) is 5. The first-order chi connectivity index (χ1) is 9.22. The lowest BCUT2D eigenvalue weighted by Gasteiger charge is -2.27. The van der Waals surface area contributed by atoms with Gasteiger partial charge in [-0.25, -0.2) is 0 Å². The minimum atomic E-state index is -0.199. The molecule has 1 aliphatic carbocycles. The predicted molar refractivity (Wildman–Crippen MR) is 76.0 cm³/mol. The van der Waals surface area contributed by atoms with Crippen LogP contribution in [0.5, 0.6) is 0 Å². The van der Waals surface area contributed by atoms with Crippen LogP contribution in [0, 0.1) is 0 Å². The number of aliphatic hydroxyl groups is 1. The minimum Gasteiger partial charge on any atom is -0.393 e. The van der Waals surface area contributed by atoms with E-state index >= 15 is 0 Å². The van der Waals surface area contributed by atoms with E-state index in [9.17, 15) is 5.11 Å². The maximum atomic E-state index is 9.27. The number of halogens is 1. The predicted octanol–water partition coefficient (Wildman–Crippen LogP) is 3.36. The molecule has 1 heterocycles. The molecule has 100 valence electrons. The first kappa shape index (κ1) is 13.1. The second-order valence-electron chi connectivity index (χ2n) is 4.59. The highest BCUT2D eigenvalue weighted by atomic mass is 79.9. The van der Waals surface area contributed by atoms with Crippen LogP contribution in [0.25, 0.3) is 0 Å². The van der Waals surface area contributed by atoms with Gasteiger partial charge in [-0.2, -0.15) is 4.98 Å². The fourth-order valence-electron chi connectivity index (χ4n) is 1.99. The topological polar surface area (TPSA) is 59.2 Å². The Morgan fingerprint density at radius 1 is 1.37 bits per heavy atom. The number of aromatic nitrogens is 2. The van der Waals surface area contributed by atoms with Crippen molar-refractivity contribution in [3.8, 4) is 0 Å². The van der Waals surface area contributed by atoms with Gasteiger partial charge in [-0.15, -0.1) is 11.8 Å². The zero-order chi connectivity index (χ0) is 13.2. The fraction of sp³-hybridized carbons (Fsp3) is 0.385. The lowest BCUT2D eigenvalue weighted by molar-refractivity contribution is 0.0625. The normalized spacial score (nSPS) is 22.2. The van der Waals surface area contributed by atoms with Crippen molar-refractivity contribution in [3.05, 3.63) is 40.5 Å². The number of nitrogens with zero attached hydrogens (tertiary/aromatic N) is 2. The molecular weight excluding hydrogens is 328 g/mol. The third kappa shape index (κ3) is 3.01. The smallest absolute Gasteiger partial charge is 0.229 e. The van der Waals surface area contributed by atoms with Crippen LogP contribution in [-0.4, -0.2) is 21.4 Å². The number of hydrogen-bond donors (Lipinski definition) is 1. The number of rotatable bonds is 4. The molecule has 1 N–H and O–H groups in total. The van der Waals surface area contributed by atoms with Gasteiger partial charge in [-0.05, 0) is 40.9 Å². The fourth-order valence-corrected chi connectivity index (χ4v) is 3.40. The largest absolute Gasteiger partial charge is 0.393 e. The molecule has 0 atom stereocenters. The summed E-state index contributed by atoms with van der Waals surface area (Å²) in [6.07, 6.45) is 1.27. The number of benzene rings is 1. The summed E-state index contributed by atoms with van der Waals surface area (Å²) in [4.78, 5) is 5.55. The van der Waals surface area contributed by atoms with Crippen LogP contribution in [0.3, 0.4) is 0 Å². The Kier molecular flexibility index (Phi) is 3.91. The van der Waals surface area contributed by atoms with Crippen LogP contribution in [-0.2, 0) is 5.75 Å². The van der Waals surface area contributed by atoms with Crippen LogP contribution in [0.2, 0.25) is 0 Å². The van der Waals surface area contributed by atoms with Gasteiger partial charge in [-0.1, -0.05) is 17.3 Å². The maximum Gasteiger partial charge on any atom is 0.229 e. The monoisotopic (exact) mass is 340 g/mol. The van der Waals surface area contributed by atoms with Gasteiger partial charge in [0.15, 0.2) is 5.82 Å². The molecule has 0 bridgehead atoms. The summed E-state index contributed by atoms with van der Waals surface area (Å²) in [5, 5.41) is 13.3. The molecule has 6 heteroatoms. The Balaban J connectivity index is 1.60. The van der Waals surface area contributed by atoms with Crippen LogP contribution in [0.4, 0.5) is 0 Å². The lowest BCUT2D eigenvalue weighted by Crippen LogP contribution is -2.26. The molecule has 0 spiro atoms. The Bertz CT molecular complexity index is 569. The molecule has 19 heavy (non-hydrogen) atoms. The zero-order valence-electron chi connectivity index (χ0n) is 10.1. The van der Waals surface area contributed by atoms with Crippen LogP contribution < -0.4 is 0 Å². The van der Waals surface area contributed by atoms with Gasteiger partial charge >= 0.3 is 0 Å². The molecule has 0 unspecified atom stereocenters. The molecule has 1 aromatic heterocycles. The standard InChI is InChI=1S/C13H13BrN2O2S/c14-10-3-1-2-4-11(10)19-7-12-15-13(18-16-12)8-5-9(17)6-8/h1-4,8-9,17H,5-7H2. The van der Waals surface area contributed by atoms with Gasteiger partial charge in [0, 0.05) is 15.3 Å². The van der Waals surface area contributed by atoms with Gasteiger partial charge in [0.1, 0.15) is 0 Å². The summed E-state index contributed by atoms with van der Waals surface area (Å²) >= 11 is 5.18.